The highest BCUT2D eigenvalue weighted by molar-refractivity contribution is 5.97. The molecule has 0 unspecified atom stereocenters. The van der Waals surface area contributed by atoms with E-state index in [1.807, 2.05) is 0 Å². The number of carboxylic acid groups (broad SMARTS) is 1. The van der Waals surface area contributed by atoms with Crippen LogP contribution < -0.4 is 5.63 Å². The zero-order valence-electron chi connectivity index (χ0n) is 11.6. The Bertz CT molecular complexity index is 963. The number of hydrogen-bond donors (Lipinski definition) is 2. The molecule has 0 saturated carbocycles. The minimum absolute atomic E-state index is 0.0136. The van der Waals surface area contributed by atoms with Gasteiger partial charge in [0.05, 0.1) is 11.6 Å². The number of aromatic carboxylic acids is 1. The van der Waals surface area contributed by atoms with E-state index in [0.717, 1.165) is 5.56 Å². The average Bonchev–Trinajstić information content (AvgIpc) is 2.50. The molecule has 0 aliphatic heterocycles. The van der Waals surface area contributed by atoms with E-state index < -0.39 is 22.9 Å². The van der Waals surface area contributed by atoms with Crippen molar-refractivity contribution in [2.24, 2.45) is 0 Å². The summed E-state index contributed by atoms with van der Waals surface area (Å²) in [5.74, 6) is -2.59. The predicted molar refractivity (Wildman–Crippen MR) is 78.1 cm³/mol. The molecule has 0 bridgehead atoms. The van der Waals surface area contributed by atoms with Crippen LogP contribution in [0.5, 0.6) is 5.75 Å². The number of hydrogen-bond acceptors (Lipinski definition) is 5. The Labute approximate surface area is 128 Å². The third kappa shape index (κ3) is 2.76. The molecule has 1 aromatic carbocycles. The van der Waals surface area contributed by atoms with Gasteiger partial charge >= 0.3 is 11.6 Å². The predicted octanol–water partition coefficient (Wildman–Crippen LogP) is 2.32. The average molecular weight is 315 g/mol. The molecule has 0 spiro atoms. The van der Waals surface area contributed by atoms with Crippen LogP contribution >= 0.6 is 0 Å². The largest absolute Gasteiger partial charge is 0.506 e. The lowest BCUT2D eigenvalue weighted by atomic mass is 10.1. The van der Waals surface area contributed by atoms with E-state index in [0.29, 0.717) is 12.1 Å². The van der Waals surface area contributed by atoms with Crippen molar-refractivity contribution in [2.75, 3.05) is 0 Å². The second kappa shape index (κ2) is 5.53. The number of aromatic nitrogens is 1. The van der Waals surface area contributed by atoms with Gasteiger partial charge < -0.3 is 14.6 Å². The van der Waals surface area contributed by atoms with Crippen LogP contribution in [0.15, 0.2) is 45.7 Å². The molecule has 3 rings (SSSR count). The van der Waals surface area contributed by atoms with Gasteiger partial charge in [-0.15, -0.1) is 0 Å². The van der Waals surface area contributed by atoms with E-state index in [-0.39, 0.29) is 16.8 Å². The van der Waals surface area contributed by atoms with Crippen molar-refractivity contribution in [2.45, 2.75) is 6.42 Å². The molecule has 2 N–H and O–H groups in total. The van der Waals surface area contributed by atoms with Crippen molar-refractivity contribution in [3.05, 3.63) is 69.6 Å². The molecule has 3 aromatic rings. The molecule has 7 heteroatoms. The minimum Gasteiger partial charge on any atom is -0.506 e. The standard InChI is InChI=1S/C16H10FNO5/c17-9-3-1-8(2-4-9)5-10-6-11-12(7-18-10)23-16(22)13(14(11)19)15(20)21/h1-4,6-7,19H,5H2,(H,20,21). The van der Waals surface area contributed by atoms with Crippen LogP contribution in [0.25, 0.3) is 11.0 Å². The fourth-order valence-corrected chi connectivity index (χ4v) is 2.23. The van der Waals surface area contributed by atoms with Gasteiger partial charge in [-0.05, 0) is 23.8 Å². The number of carboxylic acids is 1. The maximum absolute atomic E-state index is 12.9. The first kappa shape index (κ1) is 14.7. The Kier molecular flexibility index (Phi) is 3.53. The first-order chi connectivity index (χ1) is 11.0. The topological polar surface area (TPSA) is 101 Å². The molecule has 0 atom stereocenters. The smallest absolute Gasteiger partial charge is 0.354 e. The van der Waals surface area contributed by atoms with Crippen molar-refractivity contribution in [1.82, 2.24) is 4.98 Å². The number of nitrogens with zero attached hydrogens (tertiary/aromatic N) is 1. The molecule has 6 nitrogen and oxygen atoms in total. The van der Waals surface area contributed by atoms with Crippen LogP contribution in [-0.2, 0) is 6.42 Å². The number of aromatic hydroxyl groups is 1. The summed E-state index contributed by atoms with van der Waals surface area (Å²) in [6, 6.07) is 7.25. The number of carbonyl (C=O) groups is 1. The Morgan fingerprint density at radius 3 is 2.61 bits per heavy atom. The van der Waals surface area contributed by atoms with E-state index in [1.165, 1.54) is 24.4 Å². The third-order valence-corrected chi connectivity index (χ3v) is 3.34. The fourth-order valence-electron chi connectivity index (χ4n) is 2.23. The molecule has 0 aliphatic rings. The minimum atomic E-state index is -1.57. The number of rotatable bonds is 3. The summed E-state index contributed by atoms with van der Waals surface area (Å²) in [5.41, 5.74) is -0.689. The third-order valence-electron chi connectivity index (χ3n) is 3.34. The lowest BCUT2D eigenvalue weighted by Crippen LogP contribution is -2.13. The Morgan fingerprint density at radius 2 is 1.96 bits per heavy atom. The maximum Gasteiger partial charge on any atom is 0.354 e. The van der Waals surface area contributed by atoms with E-state index >= 15 is 0 Å². The summed E-state index contributed by atoms with van der Waals surface area (Å²) in [7, 11) is 0. The van der Waals surface area contributed by atoms with E-state index in [1.54, 1.807) is 12.1 Å². The number of pyridine rings is 1. The molecule has 0 saturated heterocycles. The van der Waals surface area contributed by atoms with Gasteiger partial charge in [-0.2, -0.15) is 0 Å². The van der Waals surface area contributed by atoms with E-state index in [9.17, 15) is 19.1 Å². The van der Waals surface area contributed by atoms with Gasteiger partial charge in [0.25, 0.3) is 0 Å². The summed E-state index contributed by atoms with van der Waals surface area (Å²) in [6.45, 7) is 0. The normalized spacial score (nSPS) is 10.8. The molecule has 116 valence electrons. The zero-order chi connectivity index (χ0) is 16.6. The fraction of sp³-hybridized carbons (Fsp3) is 0.0625. The van der Waals surface area contributed by atoms with Crippen LogP contribution in [0.4, 0.5) is 4.39 Å². The molecule has 2 aromatic heterocycles. The SMILES string of the molecule is O=C(O)c1c(O)c2cc(Cc3ccc(F)cc3)ncc2oc1=O. The molecular weight excluding hydrogens is 305 g/mol. The summed E-state index contributed by atoms with van der Waals surface area (Å²) in [4.78, 5) is 26.7. The maximum atomic E-state index is 12.9. The van der Waals surface area contributed by atoms with Crippen LogP contribution in [0, 0.1) is 5.82 Å². The number of halogens is 1. The van der Waals surface area contributed by atoms with Crippen LogP contribution in [0.1, 0.15) is 21.6 Å². The number of fused-ring (bicyclic) bond motifs is 1. The quantitative estimate of drug-likeness (QED) is 0.769. The Morgan fingerprint density at radius 1 is 1.26 bits per heavy atom. The van der Waals surface area contributed by atoms with Gasteiger partial charge in [0.15, 0.2) is 11.1 Å². The van der Waals surface area contributed by atoms with Crippen LogP contribution in [0.2, 0.25) is 0 Å². The van der Waals surface area contributed by atoms with Crippen molar-refractivity contribution in [3.8, 4) is 5.75 Å². The van der Waals surface area contributed by atoms with E-state index in [2.05, 4.69) is 4.98 Å². The van der Waals surface area contributed by atoms with Gasteiger partial charge in [0, 0.05) is 12.1 Å². The molecule has 0 fully saturated rings. The highest BCUT2D eigenvalue weighted by Crippen LogP contribution is 2.27. The van der Waals surface area contributed by atoms with Crippen LogP contribution in [-0.4, -0.2) is 21.2 Å². The van der Waals surface area contributed by atoms with Crippen molar-refractivity contribution >= 4 is 16.9 Å². The Hall–Kier alpha value is -3.22. The molecular formula is C16H10FNO5. The molecule has 0 amide bonds. The molecule has 23 heavy (non-hydrogen) atoms. The van der Waals surface area contributed by atoms with Crippen molar-refractivity contribution in [3.63, 3.8) is 0 Å². The summed E-state index contributed by atoms with van der Waals surface area (Å²) >= 11 is 0. The van der Waals surface area contributed by atoms with Crippen molar-refractivity contribution in [1.29, 1.82) is 0 Å². The van der Waals surface area contributed by atoms with Gasteiger partial charge in [-0.25, -0.2) is 14.0 Å². The monoisotopic (exact) mass is 315 g/mol. The van der Waals surface area contributed by atoms with Gasteiger partial charge in [0.2, 0.25) is 0 Å². The lowest BCUT2D eigenvalue weighted by Gasteiger charge is -2.06. The number of benzene rings is 1. The first-order valence-corrected chi connectivity index (χ1v) is 6.58. The van der Waals surface area contributed by atoms with Crippen molar-refractivity contribution < 1.29 is 23.8 Å². The van der Waals surface area contributed by atoms with Gasteiger partial charge in [0.1, 0.15) is 11.6 Å². The second-order valence-electron chi connectivity index (χ2n) is 4.89. The first-order valence-electron chi connectivity index (χ1n) is 6.58. The van der Waals surface area contributed by atoms with Gasteiger partial charge in [-0.3, -0.25) is 4.98 Å². The molecule has 0 aliphatic carbocycles. The van der Waals surface area contributed by atoms with E-state index in [4.69, 9.17) is 9.52 Å². The summed E-state index contributed by atoms with van der Waals surface area (Å²) in [5, 5.41) is 19.1. The van der Waals surface area contributed by atoms with Gasteiger partial charge in [-0.1, -0.05) is 12.1 Å². The summed E-state index contributed by atoms with van der Waals surface area (Å²) in [6.07, 6.45) is 1.58. The molecule has 2 heterocycles. The Balaban J connectivity index is 2.09. The highest BCUT2D eigenvalue weighted by atomic mass is 19.1. The summed E-state index contributed by atoms with van der Waals surface area (Å²) < 4.78 is 17.7. The molecule has 0 radical (unpaired) electrons. The zero-order valence-corrected chi connectivity index (χ0v) is 11.6. The second-order valence-corrected chi connectivity index (χ2v) is 4.89. The highest BCUT2D eigenvalue weighted by Gasteiger charge is 2.20. The van der Waals surface area contributed by atoms with Crippen LogP contribution in [0.3, 0.4) is 0 Å². The lowest BCUT2D eigenvalue weighted by molar-refractivity contribution is 0.0689.